The number of hydrogen-bond acceptors (Lipinski definition) is 3. The van der Waals surface area contributed by atoms with Crippen molar-refractivity contribution in [3.63, 3.8) is 0 Å². The fourth-order valence-electron chi connectivity index (χ4n) is 9.91. The van der Waals surface area contributed by atoms with Crippen LogP contribution in [-0.2, 0) is 9.53 Å². The number of rotatable bonds is 0. The van der Waals surface area contributed by atoms with Gasteiger partial charge in [0.25, 0.3) is 0 Å². The van der Waals surface area contributed by atoms with Crippen LogP contribution in [0.3, 0.4) is 0 Å². The van der Waals surface area contributed by atoms with Crippen molar-refractivity contribution in [3.05, 3.63) is 11.1 Å². The molecule has 3 nitrogen and oxygen atoms in total. The second-order valence-electron chi connectivity index (χ2n) is 13.2. The molecule has 5 fully saturated rings. The number of ether oxygens (including phenoxy) is 1. The summed E-state index contributed by atoms with van der Waals surface area (Å²) in [6.45, 7) is 11.1. The van der Waals surface area contributed by atoms with E-state index in [0.29, 0.717) is 35.2 Å². The van der Waals surface area contributed by atoms with Gasteiger partial charge in [-0.25, -0.2) is 0 Å². The number of ketones is 1. The van der Waals surface area contributed by atoms with Gasteiger partial charge in [0.1, 0.15) is 5.78 Å². The van der Waals surface area contributed by atoms with Crippen molar-refractivity contribution in [1.82, 2.24) is 4.67 Å². The van der Waals surface area contributed by atoms with E-state index in [4.69, 9.17) is 4.74 Å². The van der Waals surface area contributed by atoms with Crippen LogP contribution in [0.1, 0.15) is 91.9 Å². The zero-order valence-corrected chi connectivity index (χ0v) is 21.9. The first-order valence-electron chi connectivity index (χ1n) is 13.6. The van der Waals surface area contributed by atoms with E-state index in [1.165, 1.54) is 45.1 Å². The summed E-state index contributed by atoms with van der Waals surface area (Å²) in [6.07, 6.45) is 12.1. The van der Waals surface area contributed by atoms with Crippen LogP contribution >= 0.6 is 9.39 Å². The Morgan fingerprint density at radius 2 is 1.94 bits per heavy atom. The van der Waals surface area contributed by atoms with Crippen molar-refractivity contribution in [2.75, 3.05) is 6.54 Å². The molecule has 4 aliphatic carbocycles. The lowest BCUT2D eigenvalue weighted by Crippen LogP contribution is -2.47. The third kappa shape index (κ3) is 3.12. The first kappa shape index (κ1) is 22.2. The van der Waals surface area contributed by atoms with Crippen LogP contribution in [0.4, 0.5) is 0 Å². The minimum atomic E-state index is 0.0451. The Morgan fingerprint density at radius 1 is 1.12 bits per heavy atom. The quantitative estimate of drug-likeness (QED) is 0.321. The molecule has 2 aliphatic heterocycles. The van der Waals surface area contributed by atoms with Crippen molar-refractivity contribution in [2.24, 2.45) is 40.9 Å². The van der Waals surface area contributed by atoms with Crippen LogP contribution < -0.4 is 0 Å². The molecule has 178 valence electrons. The highest BCUT2D eigenvalue weighted by molar-refractivity contribution is 7.13. The minimum Gasteiger partial charge on any atom is -0.369 e. The Morgan fingerprint density at radius 3 is 2.75 bits per heavy atom. The van der Waals surface area contributed by atoms with E-state index >= 15 is 0 Å². The molecule has 0 amide bonds. The zero-order chi connectivity index (χ0) is 22.4. The monoisotopic (exact) mass is 457 g/mol. The van der Waals surface area contributed by atoms with Crippen LogP contribution in [0, 0.1) is 40.9 Å². The number of hydrogen-bond donors (Lipinski definition) is 0. The molecule has 6 rings (SSSR count). The van der Waals surface area contributed by atoms with Gasteiger partial charge in [0.2, 0.25) is 0 Å². The van der Waals surface area contributed by atoms with Gasteiger partial charge in [0.05, 0.1) is 11.7 Å². The summed E-state index contributed by atoms with van der Waals surface area (Å²) in [7, 11) is 3.04. The van der Waals surface area contributed by atoms with Crippen molar-refractivity contribution in [2.45, 2.75) is 110 Å². The highest BCUT2D eigenvalue weighted by Gasteiger charge is 2.59. The number of Topliss-reactive ketones (excluding diaryl/α,β-unsaturated/α-hetero) is 1. The third-order valence-corrected chi connectivity index (χ3v) is 12.2. The van der Waals surface area contributed by atoms with E-state index in [1.54, 1.807) is 5.57 Å². The molecule has 4 heteroatoms. The standard InChI is InChI=1S/C28H44NO2P/c1-16-11-25-26(29(32)15-16)18(3)28(31-25)10-8-21-22-6-5-19-12-20(30)7-9-27(19,4)24(22)13-23(21)17(2)14-28/h16,18-19,21-22,24-26H,5-15,32H2,1-4H3/t16?,18-,19-,21+,22+,24+,25-,26+,27+,28+/m1/s1. The molecule has 0 aromatic rings. The molecule has 6 aliphatic rings. The number of nitrogens with zero attached hydrogens (tertiary/aromatic N) is 1. The smallest absolute Gasteiger partial charge is 0.133 e. The summed E-state index contributed by atoms with van der Waals surface area (Å²) in [6, 6.07) is 0.564. The summed E-state index contributed by atoms with van der Waals surface area (Å²) in [5.74, 6) is 4.94. The maximum absolute atomic E-state index is 12.2. The minimum absolute atomic E-state index is 0.0451. The fraction of sp³-hybridized carbons (Fsp3) is 0.893. The van der Waals surface area contributed by atoms with E-state index in [0.717, 1.165) is 49.4 Å². The maximum Gasteiger partial charge on any atom is 0.133 e. The highest BCUT2D eigenvalue weighted by Crippen LogP contribution is 2.65. The molecule has 2 unspecified atom stereocenters. The average molecular weight is 458 g/mol. The lowest BCUT2D eigenvalue weighted by atomic mass is 9.52. The van der Waals surface area contributed by atoms with E-state index in [9.17, 15) is 4.79 Å². The number of allylic oxidation sites excluding steroid dienone is 1. The second-order valence-corrected chi connectivity index (χ2v) is 13.8. The van der Waals surface area contributed by atoms with Gasteiger partial charge in [-0.05, 0) is 93.3 Å². The van der Waals surface area contributed by atoms with Crippen molar-refractivity contribution in [3.8, 4) is 0 Å². The van der Waals surface area contributed by atoms with Gasteiger partial charge in [0, 0.05) is 31.3 Å². The second kappa shape index (κ2) is 7.63. The molecular weight excluding hydrogens is 413 g/mol. The lowest BCUT2D eigenvalue weighted by molar-refractivity contribution is -0.129. The predicted molar refractivity (Wildman–Crippen MR) is 132 cm³/mol. The van der Waals surface area contributed by atoms with Gasteiger partial charge >= 0.3 is 0 Å². The molecule has 0 bridgehead atoms. The molecule has 0 aromatic heterocycles. The number of piperidine rings is 1. The van der Waals surface area contributed by atoms with E-state index in [1.807, 2.05) is 5.57 Å². The number of carbonyl (C=O) groups excluding carboxylic acids is 1. The number of fused-ring (bicyclic) bond motifs is 6. The average Bonchev–Trinajstić information content (AvgIpc) is 3.19. The summed E-state index contributed by atoms with van der Waals surface area (Å²) < 4.78 is 9.63. The van der Waals surface area contributed by atoms with E-state index < -0.39 is 0 Å². The maximum atomic E-state index is 12.2. The predicted octanol–water partition coefficient (Wildman–Crippen LogP) is 6.18. The Bertz CT molecular complexity index is 839. The molecule has 11 atom stereocenters. The summed E-state index contributed by atoms with van der Waals surface area (Å²) in [4.78, 5) is 12.2. The van der Waals surface area contributed by atoms with Gasteiger partial charge in [-0.1, -0.05) is 41.3 Å². The third-order valence-electron chi connectivity index (χ3n) is 11.6. The Labute approximate surface area is 197 Å². The van der Waals surface area contributed by atoms with Gasteiger partial charge in [-0.3, -0.25) is 9.46 Å². The molecule has 0 N–H and O–H groups in total. The molecule has 0 aromatic carbocycles. The molecular formula is C28H44NO2P. The SMILES string of the molecule is CC1=C2C[C@H]3[C@@H](CC[C@@H]4CC(=O)CC[C@@]43C)[C@@H]2CC[C@@]2(C1)O[C@@H]1CC(C)CN(P)[C@H]1[C@H]2C. The van der Waals surface area contributed by atoms with Gasteiger partial charge in [-0.2, -0.15) is 0 Å². The summed E-state index contributed by atoms with van der Waals surface area (Å²) in [5, 5.41) is 0. The van der Waals surface area contributed by atoms with E-state index in [-0.39, 0.29) is 5.60 Å². The van der Waals surface area contributed by atoms with Crippen LogP contribution in [0.5, 0.6) is 0 Å². The molecule has 0 radical (unpaired) electrons. The van der Waals surface area contributed by atoms with Crippen LogP contribution in [0.25, 0.3) is 0 Å². The summed E-state index contributed by atoms with van der Waals surface area (Å²) >= 11 is 0. The van der Waals surface area contributed by atoms with Crippen LogP contribution in [0.2, 0.25) is 0 Å². The van der Waals surface area contributed by atoms with Crippen LogP contribution in [0.15, 0.2) is 11.1 Å². The van der Waals surface area contributed by atoms with Gasteiger partial charge < -0.3 is 4.74 Å². The first-order valence-corrected chi connectivity index (χ1v) is 14.1. The first-order chi connectivity index (χ1) is 15.2. The van der Waals surface area contributed by atoms with Crippen molar-refractivity contribution >= 4 is 15.2 Å². The molecule has 2 heterocycles. The Hall–Kier alpha value is -0.240. The number of carbonyl (C=O) groups is 1. The highest BCUT2D eigenvalue weighted by atomic mass is 31.0. The summed E-state index contributed by atoms with van der Waals surface area (Å²) in [5.41, 5.74) is 3.93. The van der Waals surface area contributed by atoms with E-state index in [2.05, 4.69) is 41.8 Å². The molecule has 3 saturated carbocycles. The molecule has 1 spiro atoms. The molecule has 2 saturated heterocycles. The van der Waals surface area contributed by atoms with Crippen molar-refractivity contribution in [1.29, 1.82) is 0 Å². The normalized spacial score (nSPS) is 53.6. The van der Waals surface area contributed by atoms with Gasteiger partial charge in [0.15, 0.2) is 0 Å². The lowest BCUT2D eigenvalue weighted by Gasteiger charge is -2.52. The van der Waals surface area contributed by atoms with Crippen LogP contribution in [-0.4, -0.2) is 34.7 Å². The Balaban J connectivity index is 1.28. The fourth-order valence-corrected chi connectivity index (χ4v) is 10.7. The van der Waals surface area contributed by atoms with Crippen molar-refractivity contribution < 1.29 is 9.53 Å². The Kier molecular flexibility index (Phi) is 5.30. The molecule has 32 heavy (non-hydrogen) atoms. The zero-order valence-electron chi connectivity index (χ0n) is 20.7. The largest absolute Gasteiger partial charge is 0.369 e. The van der Waals surface area contributed by atoms with Gasteiger partial charge in [-0.15, -0.1) is 0 Å². The topological polar surface area (TPSA) is 29.5 Å².